The standard InChI is InChI=1S/C8H9FOS/c1-11-7-3-2-6(5-9)8(10)4-7/h2-4,10H,5H2,1H3. The highest BCUT2D eigenvalue weighted by Gasteiger charge is 2.00. The lowest BCUT2D eigenvalue weighted by Gasteiger charge is -2.00. The van der Waals surface area contributed by atoms with Crippen molar-refractivity contribution in [3.63, 3.8) is 0 Å². The molecule has 0 aliphatic carbocycles. The van der Waals surface area contributed by atoms with Gasteiger partial charge in [0.1, 0.15) is 12.4 Å². The molecule has 0 saturated carbocycles. The summed E-state index contributed by atoms with van der Waals surface area (Å²) in [5.41, 5.74) is 0.350. The van der Waals surface area contributed by atoms with E-state index in [0.29, 0.717) is 5.56 Å². The summed E-state index contributed by atoms with van der Waals surface area (Å²) in [6.45, 7) is -0.611. The summed E-state index contributed by atoms with van der Waals surface area (Å²) < 4.78 is 12.1. The number of hydrogen-bond acceptors (Lipinski definition) is 2. The maximum Gasteiger partial charge on any atom is 0.122 e. The number of benzene rings is 1. The highest BCUT2D eigenvalue weighted by atomic mass is 32.2. The molecule has 11 heavy (non-hydrogen) atoms. The summed E-state index contributed by atoms with van der Waals surface area (Å²) in [5.74, 6) is 0.0411. The van der Waals surface area contributed by atoms with Crippen molar-refractivity contribution in [3.05, 3.63) is 23.8 Å². The molecule has 0 heterocycles. The van der Waals surface area contributed by atoms with Crippen molar-refractivity contribution in [1.82, 2.24) is 0 Å². The van der Waals surface area contributed by atoms with Gasteiger partial charge < -0.3 is 5.11 Å². The fraction of sp³-hybridized carbons (Fsp3) is 0.250. The lowest BCUT2D eigenvalue weighted by Crippen LogP contribution is -1.79. The molecule has 0 aromatic heterocycles. The molecule has 0 aliphatic heterocycles. The van der Waals surface area contributed by atoms with Crippen molar-refractivity contribution >= 4 is 11.8 Å². The second-order valence-electron chi connectivity index (χ2n) is 2.13. The molecule has 1 aromatic carbocycles. The van der Waals surface area contributed by atoms with E-state index in [2.05, 4.69) is 0 Å². The van der Waals surface area contributed by atoms with E-state index in [0.717, 1.165) is 4.90 Å². The molecule has 0 amide bonds. The fourth-order valence-corrected chi connectivity index (χ4v) is 1.22. The third kappa shape index (κ3) is 1.87. The monoisotopic (exact) mass is 172 g/mol. The highest BCUT2D eigenvalue weighted by molar-refractivity contribution is 7.98. The summed E-state index contributed by atoms with van der Waals surface area (Å²) in [6, 6.07) is 4.96. The molecule has 1 nitrogen and oxygen atoms in total. The van der Waals surface area contributed by atoms with Crippen molar-refractivity contribution in [2.24, 2.45) is 0 Å². The predicted molar refractivity (Wildman–Crippen MR) is 44.7 cm³/mol. The first-order chi connectivity index (χ1) is 5.27. The van der Waals surface area contributed by atoms with Crippen LogP contribution in [0, 0.1) is 0 Å². The molecule has 0 saturated heterocycles. The molecule has 60 valence electrons. The number of rotatable bonds is 2. The van der Waals surface area contributed by atoms with E-state index < -0.39 is 6.67 Å². The Bertz CT molecular complexity index is 250. The van der Waals surface area contributed by atoms with Crippen molar-refractivity contribution in [2.45, 2.75) is 11.6 Å². The number of aromatic hydroxyl groups is 1. The van der Waals surface area contributed by atoms with Crippen molar-refractivity contribution in [2.75, 3.05) is 6.26 Å². The number of alkyl halides is 1. The van der Waals surface area contributed by atoms with Crippen LogP contribution in [0.1, 0.15) is 5.56 Å². The smallest absolute Gasteiger partial charge is 0.122 e. The van der Waals surface area contributed by atoms with Crippen LogP contribution >= 0.6 is 11.8 Å². The molecule has 0 bridgehead atoms. The van der Waals surface area contributed by atoms with Gasteiger partial charge in [0.15, 0.2) is 0 Å². The molecule has 0 fully saturated rings. The average molecular weight is 172 g/mol. The Morgan fingerprint density at radius 1 is 1.55 bits per heavy atom. The minimum atomic E-state index is -0.611. The Morgan fingerprint density at radius 2 is 2.27 bits per heavy atom. The zero-order chi connectivity index (χ0) is 8.27. The topological polar surface area (TPSA) is 20.2 Å². The Morgan fingerprint density at radius 3 is 2.73 bits per heavy atom. The molecule has 0 aliphatic rings. The van der Waals surface area contributed by atoms with E-state index in [1.807, 2.05) is 6.26 Å². The maximum atomic E-state index is 12.1. The third-order valence-electron chi connectivity index (χ3n) is 1.44. The van der Waals surface area contributed by atoms with Gasteiger partial charge in [-0.15, -0.1) is 11.8 Å². The zero-order valence-electron chi connectivity index (χ0n) is 6.17. The molecule has 0 atom stereocenters. The number of halogens is 1. The van der Waals surface area contributed by atoms with Gasteiger partial charge in [-0.1, -0.05) is 6.07 Å². The van der Waals surface area contributed by atoms with E-state index in [1.54, 1.807) is 18.2 Å². The van der Waals surface area contributed by atoms with Gasteiger partial charge in [0.05, 0.1) is 0 Å². The third-order valence-corrected chi connectivity index (χ3v) is 2.16. The molecular formula is C8H9FOS. The van der Waals surface area contributed by atoms with Gasteiger partial charge in [-0.05, 0) is 18.4 Å². The first-order valence-corrected chi connectivity index (χ1v) is 4.42. The Balaban J connectivity index is 2.99. The normalized spacial score (nSPS) is 10.0. The summed E-state index contributed by atoms with van der Waals surface area (Å²) in [6.07, 6.45) is 1.91. The van der Waals surface area contributed by atoms with Crippen LogP contribution in [-0.4, -0.2) is 11.4 Å². The molecule has 1 aromatic rings. The molecule has 1 N–H and O–H groups in total. The second-order valence-corrected chi connectivity index (χ2v) is 3.01. The van der Waals surface area contributed by atoms with Crippen LogP contribution in [0.2, 0.25) is 0 Å². The van der Waals surface area contributed by atoms with E-state index >= 15 is 0 Å². The summed E-state index contributed by atoms with van der Waals surface area (Å²) >= 11 is 1.52. The second kappa shape index (κ2) is 3.62. The largest absolute Gasteiger partial charge is 0.508 e. The summed E-state index contributed by atoms with van der Waals surface area (Å²) in [5, 5.41) is 9.17. The van der Waals surface area contributed by atoms with Crippen molar-refractivity contribution in [3.8, 4) is 5.75 Å². The van der Waals surface area contributed by atoms with Gasteiger partial charge in [-0.3, -0.25) is 0 Å². The van der Waals surface area contributed by atoms with Crippen LogP contribution in [0.5, 0.6) is 5.75 Å². The van der Waals surface area contributed by atoms with Crippen molar-refractivity contribution in [1.29, 1.82) is 0 Å². The quantitative estimate of drug-likeness (QED) is 0.692. The van der Waals surface area contributed by atoms with Gasteiger partial charge in [0.25, 0.3) is 0 Å². The molecule has 1 rings (SSSR count). The van der Waals surface area contributed by atoms with Crippen molar-refractivity contribution < 1.29 is 9.50 Å². The summed E-state index contributed by atoms with van der Waals surface area (Å²) in [4.78, 5) is 0.944. The number of hydrogen-bond donors (Lipinski definition) is 1. The molecule has 0 unspecified atom stereocenters. The van der Waals surface area contributed by atoms with Gasteiger partial charge in [-0.2, -0.15) is 0 Å². The molecular weight excluding hydrogens is 163 g/mol. The lowest BCUT2D eigenvalue weighted by atomic mass is 10.2. The first-order valence-electron chi connectivity index (χ1n) is 3.19. The Labute approximate surface area is 69.2 Å². The SMILES string of the molecule is CSc1ccc(CF)c(O)c1. The Hall–Kier alpha value is -0.700. The van der Waals surface area contributed by atoms with E-state index in [9.17, 15) is 4.39 Å². The predicted octanol–water partition coefficient (Wildman–Crippen LogP) is 2.58. The number of phenols is 1. The van der Waals surface area contributed by atoms with Gasteiger partial charge in [0, 0.05) is 10.5 Å². The molecule has 3 heteroatoms. The first kappa shape index (κ1) is 8.40. The number of phenolic OH excluding ortho intramolecular Hbond substituents is 1. The van der Waals surface area contributed by atoms with Crippen LogP contribution in [0.3, 0.4) is 0 Å². The van der Waals surface area contributed by atoms with Crippen LogP contribution in [-0.2, 0) is 6.67 Å². The van der Waals surface area contributed by atoms with Gasteiger partial charge in [-0.25, -0.2) is 4.39 Å². The fourth-order valence-electron chi connectivity index (χ4n) is 0.784. The summed E-state index contributed by atoms with van der Waals surface area (Å²) in [7, 11) is 0. The van der Waals surface area contributed by atoms with Gasteiger partial charge >= 0.3 is 0 Å². The average Bonchev–Trinajstić information content (AvgIpc) is 2.04. The van der Waals surface area contributed by atoms with Gasteiger partial charge in [0.2, 0.25) is 0 Å². The highest BCUT2D eigenvalue weighted by Crippen LogP contribution is 2.24. The van der Waals surface area contributed by atoms with Crippen LogP contribution in [0.4, 0.5) is 4.39 Å². The van der Waals surface area contributed by atoms with E-state index in [-0.39, 0.29) is 5.75 Å². The number of thioether (sulfide) groups is 1. The Kier molecular flexibility index (Phi) is 2.76. The lowest BCUT2D eigenvalue weighted by molar-refractivity contribution is 0.431. The van der Waals surface area contributed by atoms with Crippen LogP contribution in [0.25, 0.3) is 0 Å². The van der Waals surface area contributed by atoms with Crippen LogP contribution < -0.4 is 0 Å². The zero-order valence-corrected chi connectivity index (χ0v) is 6.99. The van der Waals surface area contributed by atoms with Crippen LogP contribution in [0.15, 0.2) is 23.1 Å². The minimum absolute atomic E-state index is 0.0411. The van der Waals surface area contributed by atoms with E-state index in [1.165, 1.54) is 11.8 Å². The molecule has 0 radical (unpaired) electrons. The van der Waals surface area contributed by atoms with E-state index in [4.69, 9.17) is 5.11 Å². The minimum Gasteiger partial charge on any atom is -0.508 e. The maximum absolute atomic E-state index is 12.1. The molecule has 0 spiro atoms.